The van der Waals surface area contributed by atoms with E-state index in [1.54, 1.807) is 0 Å². The summed E-state index contributed by atoms with van der Waals surface area (Å²) in [5.74, 6) is 1.40. The fourth-order valence-electron chi connectivity index (χ4n) is 4.27. The molecule has 3 rings (SSSR count). The molecule has 0 aromatic heterocycles. The fourth-order valence-corrected chi connectivity index (χ4v) is 4.27. The lowest BCUT2D eigenvalue weighted by molar-refractivity contribution is -0.0580. The van der Waals surface area contributed by atoms with Crippen LogP contribution in [0.25, 0.3) is 0 Å². The molecule has 1 N–H and O–H groups in total. The van der Waals surface area contributed by atoms with Gasteiger partial charge in [-0.1, -0.05) is 0 Å². The molecule has 128 valence electrons. The van der Waals surface area contributed by atoms with Crippen molar-refractivity contribution in [2.45, 2.75) is 52.7 Å². The van der Waals surface area contributed by atoms with Crippen LogP contribution >= 0.6 is 0 Å². The first kappa shape index (κ1) is 16.6. The number of likely N-dealkylation sites (N-methyl/N-ethyl adjacent to an activating group) is 1. The first-order valence-electron chi connectivity index (χ1n) is 8.57. The molecule has 1 aromatic rings. The zero-order valence-corrected chi connectivity index (χ0v) is 15.6. The standard InChI is InChI=1S/C19H30N2O2/c1-12-13(2)17-15(14(3)16(12)22)19(6,18(4,5)23-17)21-10-8-20(7)9-11-21/h22H,8-11H2,1-7H3. The van der Waals surface area contributed by atoms with Crippen LogP contribution in [0.1, 0.15) is 43.0 Å². The third-order valence-electron chi connectivity index (χ3n) is 6.37. The van der Waals surface area contributed by atoms with E-state index in [9.17, 15) is 5.11 Å². The SMILES string of the molecule is Cc1c(C)c2c(c(C)c1O)C(C)(N1CCN(C)CC1)C(C)(C)O2. The largest absolute Gasteiger partial charge is 0.507 e. The van der Waals surface area contributed by atoms with Crippen LogP contribution in [0.15, 0.2) is 0 Å². The van der Waals surface area contributed by atoms with Crippen molar-refractivity contribution in [1.82, 2.24) is 9.80 Å². The monoisotopic (exact) mass is 318 g/mol. The van der Waals surface area contributed by atoms with Gasteiger partial charge in [0.15, 0.2) is 0 Å². The third kappa shape index (κ3) is 2.11. The maximum Gasteiger partial charge on any atom is 0.129 e. The van der Waals surface area contributed by atoms with E-state index in [1.807, 2.05) is 13.8 Å². The first-order chi connectivity index (χ1) is 10.6. The van der Waals surface area contributed by atoms with Crippen LogP contribution in [0.5, 0.6) is 11.5 Å². The van der Waals surface area contributed by atoms with E-state index in [2.05, 4.69) is 44.5 Å². The Morgan fingerprint density at radius 1 is 0.913 bits per heavy atom. The minimum atomic E-state index is -0.332. The molecule has 2 heterocycles. The number of aromatic hydroxyl groups is 1. The molecule has 1 aromatic carbocycles. The predicted molar refractivity (Wildman–Crippen MR) is 93.4 cm³/mol. The first-order valence-corrected chi connectivity index (χ1v) is 8.57. The van der Waals surface area contributed by atoms with Gasteiger partial charge in [-0.25, -0.2) is 0 Å². The highest BCUT2D eigenvalue weighted by molar-refractivity contribution is 5.62. The molecule has 0 aliphatic carbocycles. The van der Waals surface area contributed by atoms with E-state index < -0.39 is 0 Å². The molecule has 1 fully saturated rings. The summed E-state index contributed by atoms with van der Waals surface area (Å²) in [6.07, 6.45) is 0. The smallest absolute Gasteiger partial charge is 0.129 e. The summed E-state index contributed by atoms with van der Waals surface area (Å²) in [4.78, 5) is 4.91. The molecule has 0 amide bonds. The Labute approximate surface area is 140 Å². The van der Waals surface area contributed by atoms with E-state index in [0.717, 1.165) is 48.6 Å². The molecule has 0 saturated carbocycles. The summed E-state index contributed by atoms with van der Waals surface area (Å²) in [6, 6.07) is 0. The van der Waals surface area contributed by atoms with Gasteiger partial charge in [-0.2, -0.15) is 0 Å². The number of phenolic OH excluding ortho intramolecular Hbond substituents is 1. The van der Waals surface area contributed by atoms with Gasteiger partial charge < -0.3 is 14.7 Å². The number of hydrogen-bond acceptors (Lipinski definition) is 4. The van der Waals surface area contributed by atoms with Crippen molar-refractivity contribution in [2.75, 3.05) is 33.2 Å². The maximum absolute atomic E-state index is 10.6. The normalized spacial score (nSPS) is 27.8. The van der Waals surface area contributed by atoms with Crippen LogP contribution in [0.4, 0.5) is 0 Å². The lowest BCUT2D eigenvalue weighted by atomic mass is 9.75. The number of ether oxygens (including phenoxy) is 1. The Kier molecular flexibility index (Phi) is 3.69. The Morgan fingerprint density at radius 3 is 2.04 bits per heavy atom. The van der Waals surface area contributed by atoms with Crippen molar-refractivity contribution in [2.24, 2.45) is 0 Å². The second-order valence-electron chi connectivity index (χ2n) is 7.90. The summed E-state index contributed by atoms with van der Waals surface area (Å²) < 4.78 is 6.47. The number of rotatable bonds is 1. The second kappa shape index (κ2) is 5.12. The van der Waals surface area contributed by atoms with Crippen molar-refractivity contribution in [3.63, 3.8) is 0 Å². The Morgan fingerprint density at radius 2 is 1.48 bits per heavy atom. The van der Waals surface area contributed by atoms with Crippen LogP contribution in [0.3, 0.4) is 0 Å². The Hall–Kier alpha value is -1.26. The van der Waals surface area contributed by atoms with Gasteiger partial charge in [-0.05, 0) is 65.3 Å². The Bertz CT molecular complexity index is 646. The molecule has 4 heteroatoms. The molecule has 1 saturated heterocycles. The van der Waals surface area contributed by atoms with Crippen molar-refractivity contribution in [3.8, 4) is 11.5 Å². The van der Waals surface area contributed by atoms with E-state index >= 15 is 0 Å². The third-order valence-corrected chi connectivity index (χ3v) is 6.37. The van der Waals surface area contributed by atoms with Gasteiger partial charge in [0.25, 0.3) is 0 Å². The molecular formula is C19H30N2O2. The van der Waals surface area contributed by atoms with Crippen LogP contribution in [0.2, 0.25) is 0 Å². The molecule has 2 aliphatic rings. The molecule has 2 aliphatic heterocycles. The van der Waals surface area contributed by atoms with E-state index in [4.69, 9.17) is 4.74 Å². The van der Waals surface area contributed by atoms with Crippen LogP contribution in [-0.2, 0) is 5.54 Å². The number of hydrogen-bond donors (Lipinski definition) is 1. The summed E-state index contributed by atoms with van der Waals surface area (Å²) >= 11 is 0. The molecule has 0 radical (unpaired) electrons. The molecule has 4 nitrogen and oxygen atoms in total. The lowest BCUT2D eigenvalue weighted by Crippen LogP contribution is -2.61. The molecule has 1 atom stereocenters. The minimum absolute atomic E-state index is 0.233. The fraction of sp³-hybridized carbons (Fsp3) is 0.684. The van der Waals surface area contributed by atoms with Gasteiger partial charge >= 0.3 is 0 Å². The molecule has 0 bridgehead atoms. The number of fused-ring (bicyclic) bond motifs is 1. The summed E-state index contributed by atoms with van der Waals surface area (Å²) in [5, 5.41) is 10.6. The van der Waals surface area contributed by atoms with Crippen LogP contribution < -0.4 is 4.74 Å². The quantitative estimate of drug-likeness (QED) is 0.863. The van der Waals surface area contributed by atoms with E-state index in [1.165, 1.54) is 5.56 Å². The Balaban J connectivity index is 2.19. The number of phenols is 1. The summed E-state index contributed by atoms with van der Waals surface area (Å²) in [5.41, 5.74) is 3.57. The average molecular weight is 318 g/mol. The topological polar surface area (TPSA) is 35.9 Å². The highest BCUT2D eigenvalue weighted by Gasteiger charge is 2.56. The highest BCUT2D eigenvalue weighted by atomic mass is 16.5. The van der Waals surface area contributed by atoms with Gasteiger partial charge in [0, 0.05) is 31.7 Å². The number of nitrogens with zero attached hydrogens (tertiary/aromatic N) is 2. The highest BCUT2D eigenvalue weighted by Crippen LogP contribution is 2.56. The number of piperazine rings is 1. The van der Waals surface area contributed by atoms with Gasteiger partial charge in [-0.3, -0.25) is 4.90 Å². The summed E-state index contributed by atoms with van der Waals surface area (Å²) in [7, 11) is 2.18. The van der Waals surface area contributed by atoms with Gasteiger partial charge in [0.05, 0.1) is 5.54 Å². The van der Waals surface area contributed by atoms with Crippen molar-refractivity contribution in [1.29, 1.82) is 0 Å². The van der Waals surface area contributed by atoms with E-state index in [-0.39, 0.29) is 11.1 Å². The zero-order chi connectivity index (χ0) is 17.2. The van der Waals surface area contributed by atoms with Crippen molar-refractivity contribution >= 4 is 0 Å². The molecule has 23 heavy (non-hydrogen) atoms. The predicted octanol–water partition coefficient (Wildman–Crippen LogP) is 2.95. The zero-order valence-electron chi connectivity index (χ0n) is 15.6. The lowest BCUT2D eigenvalue weighted by Gasteiger charge is -2.49. The van der Waals surface area contributed by atoms with Gasteiger partial charge in [-0.15, -0.1) is 0 Å². The second-order valence-corrected chi connectivity index (χ2v) is 7.90. The molecule has 1 unspecified atom stereocenters. The van der Waals surface area contributed by atoms with Crippen molar-refractivity contribution < 1.29 is 9.84 Å². The molecule has 0 spiro atoms. The van der Waals surface area contributed by atoms with Crippen LogP contribution in [-0.4, -0.2) is 53.7 Å². The average Bonchev–Trinajstić information content (AvgIpc) is 2.72. The summed E-state index contributed by atoms with van der Waals surface area (Å²) in [6.45, 7) is 16.9. The van der Waals surface area contributed by atoms with Gasteiger partial charge in [0.1, 0.15) is 17.1 Å². The minimum Gasteiger partial charge on any atom is -0.507 e. The van der Waals surface area contributed by atoms with Gasteiger partial charge in [0.2, 0.25) is 0 Å². The maximum atomic E-state index is 10.6. The van der Waals surface area contributed by atoms with Crippen LogP contribution in [0, 0.1) is 20.8 Å². The van der Waals surface area contributed by atoms with E-state index in [0.29, 0.717) is 5.75 Å². The number of benzene rings is 1. The van der Waals surface area contributed by atoms with Crippen molar-refractivity contribution in [3.05, 3.63) is 22.3 Å². The molecular weight excluding hydrogens is 288 g/mol.